The fourth-order valence-corrected chi connectivity index (χ4v) is 1.34. The molecule has 0 aliphatic rings. The van der Waals surface area contributed by atoms with E-state index in [2.05, 4.69) is 36.4 Å². The van der Waals surface area contributed by atoms with Crippen molar-refractivity contribution in [3.8, 4) is 0 Å². The SMILES string of the molecule is Cn1ncc(Nc2cc(Br)ccn2)n1. The molecular formula is C8H8BrN5. The van der Waals surface area contributed by atoms with Crippen LogP contribution in [0, 0.1) is 0 Å². The topological polar surface area (TPSA) is 55.6 Å². The van der Waals surface area contributed by atoms with Crippen molar-refractivity contribution in [2.24, 2.45) is 7.05 Å². The van der Waals surface area contributed by atoms with Crippen LogP contribution in [0.3, 0.4) is 0 Å². The van der Waals surface area contributed by atoms with Crippen molar-refractivity contribution < 1.29 is 0 Å². The molecule has 0 aliphatic heterocycles. The van der Waals surface area contributed by atoms with Gasteiger partial charge in [0.1, 0.15) is 5.82 Å². The largest absolute Gasteiger partial charge is 0.322 e. The van der Waals surface area contributed by atoms with Gasteiger partial charge in [0.15, 0.2) is 5.82 Å². The van der Waals surface area contributed by atoms with Crippen LogP contribution in [0.5, 0.6) is 0 Å². The lowest BCUT2D eigenvalue weighted by Crippen LogP contribution is -1.96. The minimum Gasteiger partial charge on any atom is -0.322 e. The molecule has 1 N–H and O–H groups in total. The van der Waals surface area contributed by atoms with Gasteiger partial charge in [0.25, 0.3) is 0 Å². The summed E-state index contributed by atoms with van der Waals surface area (Å²) in [5.74, 6) is 1.41. The van der Waals surface area contributed by atoms with E-state index < -0.39 is 0 Å². The molecule has 72 valence electrons. The summed E-state index contributed by atoms with van der Waals surface area (Å²) in [6.07, 6.45) is 3.35. The fourth-order valence-electron chi connectivity index (χ4n) is 1.01. The van der Waals surface area contributed by atoms with Gasteiger partial charge in [-0.25, -0.2) is 4.98 Å². The van der Waals surface area contributed by atoms with Crippen LogP contribution in [0.2, 0.25) is 0 Å². The fraction of sp³-hybridized carbons (Fsp3) is 0.125. The number of nitrogens with zero attached hydrogens (tertiary/aromatic N) is 4. The van der Waals surface area contributed by atoms with Crippen molar-refractivity contribution >= 4 is 27.6 Å². The van der Waals surface area contributed by atoms with E-state index in [1.165, 1.54) is 4.80 Å². The number of aryl methyl sites for hydroxylation is 1. The molecule has 2 aromatic heterocycles. The monoisotopic (exact) mass is 253 g/mol. The molecule has 0 atom stereocenters. The van der Waals surface area contributed by atoms with Gasteiger partial charge in [0, 0.05) is 17.7 Å². The highest BCUT2D eigenvalue weighted by molar-refractivity contribution is 9.10. The van der Waals surface area contributed by atoms with Crippen molar-refractivity contribution in [3.63, 3.8) is 0 Å². The van der Waals surface area contributed by atoms with Crippen molar-refractivity contribution in [1.29, 1.82) is 0 Å². The highest BCUT2D eigenvalue weighted by atomic mass is 79.9. The second-order valence-electron chi connectivity index (χ2n) is 2.70. The van der Waals surface area contributed by atoms with Crippen LogP contribution in [0.4, 0.5) is 11.6 Å². The summed E-state index contributed by atoms with van der Waals surface area (Å²) in [7, 11) is 1.76. The zero-order valence-electron chi connectivity index (χ0n) is 7.48. The van der Waals surface area contributed by atoms with E-state index in [4.69, 9.17) is 0 Å². The standard InChI is InChI=1S/C8H8BrN5/c1-14-11-5-8(13-14)12-7-4-6(9)2-3-10-7/h2-5H,1H3,(H,10,12,13). The maximum Gasteiger partial charge on any atom is 0.174 e. The van der Waals surface area contributed by atoms with E-state index in [-0.39, 0.29) is 0 Å². The number of nitrogens with one attached hydrogen (secondary N) is 1. The molecule has 0 aromatic carbocycles. The maximum atomic E-state index is 4.13. The normalized spacial score (nSPS) is 10.1. The summed E-state index contributed by atoms with van der Waals surface area (Å²) in [5.41, 5.74) is 0. The predicted octanol–water partition coefficient (Wildman–Crippen LogP) is 1.72. The van der Waals surface area contributed by atoms with E-state index in [1.54, 1.807) is 19.4 Å². The van der Waals surface area contributed by atoms with Crippen LogP contribution in [0.25, 0.3) is 0 Å². The van der Waals surface area contributed by atoms with Crippen LogP contribution < -0.4 is 5.32 Å². The molecule has 14 heavy (non-hydrogen) atoms. The van der Waals surface area contributed by atoms with Crippen LogP contribution >= 0.6 is 15.9 Å². The Hall–Kier alpha value is -1.43. The van der Waals surface area contributed by atoms with Gasteiger partial charge >= 0.3 is 0 Å². The van der Waals surface area contributed by atoms with Crippen molar-refractivity contribution in [2.45, 2.75) is 0 Å². The summed E-state index contributed by atoms with van der Waals surface area (Å²) in [6.45, 7) is 0. The van der Waals surface area contributed by atoms with Gasteiger partial charge in [-0.1, -0.05) is 15.9 Å². The lowest BCUT2D eigenvalue weighted by Gasteiger charge is -2.00. The van der Waals surface area contributed by atoms with Crippen LogP contribution in [-0.2, 0) is 7.05 Å². The van der Waals surface area contributed by atoms with Crippen LogP contribution in [0.1, 0.15) is 0 Å². The number of pyridine rings is 1. The zero-order valence-corrected chi connectivity index (χ0v) is 9.06. The first-order valence-electron chi connectivity index (χ1n) is 3.99. The lowest BCUT2D eigenvalue weighted by molar-refractivity contribution is 0.656. The number of rotatable bonds is 2. The molecule has 6 heteroatoms. The van der Waals surface area contributed by atoms with Gasteiger partial charge in [-0.05, 0) is 12.1 Å². The number of hydrogen-bond acceptors (Lipinski definition) is 4. The third kappa shape index (κ3) is 2.08. The Labute approximate surface area is 89.3 Å². The molecule has 0 saturated heterocycles. The Morgan fingerprint density at radius 3 is 2.93 bits per heavy atom. The molecule has 5 nitrogen and oxygen atoms in total. The van der Waals surface area contributed by atoms with Crippen molar-refractivity contribution in [2.75, 3.05) is 5.32 Å². The van der Waals surface area contributed by atoms with Gasteiger partial charge in [0.2, 0.25) is 0 Å². The molecule has 2 aromatic rings. The Kier molecular flexibility index (Phi) is 2.45. The molecule has 0 bridgehead atoms. The molecular weight excluding hydrogens is 246 g/mol. The van der Waals surface area contributed by atoms with Gasteiger partial charge in [-0.2, -0.15) is 9.90 Å². The first-order chi connectivity index (χ1) is 6.74. The molecule has 0 amide bonds. The van der Waals surface area contributed by atoms with Crippen molar-refractivity contribution in [3.05, 3.63) is 29.0 Å². The molecule has 0 unspecified atom stereocenters. The second-order valence-corrected chi connectivity index (χ2v) is 3.62. The van der Waals surface area contributed by atoms with E-state index in [0.717, 1.165) is 10.3 Å². The molecule has 2 rings (SSSR count). The first-order valence-corrected chi connectivity index (χ1v) is 4.78. The number of hydrogen-bond donors (Lipinski definition) is 1. The van der Waals surface area contributed by atoms with Gasteiger partial charge in [-0.3, -0.25) is 0 Å². The minimum absolute atomic E-state index is 0.679. The summed E-state index contributed by atoms with van der Waals surface area (Å²) in [6, 6.07) is 3.73. The molecule has 0 saturated carbocycles. The van der Waals surface area contributed by atoms with E-state index in [1.807, 2.05) is 12.1 Å². The smallest absolute Gasteiger partial charge is 0.174 e. The number of halogens is 1. The molecule has 0 fully saturated rings. The van der Waals surface area contributed by atoms with Gasteiger partial charge in [0.05, 0.1) is 6.20 Å². The van der Waals surface area contributed by atoms with E-state index in [9.17, 15) is 0 Å². The maximum absolute atomic E-state index is 4.13. The molecule has 2 heterocycles. The van der Waals surface area contributed by atoms with Crippen molar-refractivity contribution in [1.82, 2.24) is 20.0 Å². The second kappa shape index (κ2) is 3.75. The Morgan fingerprint density at radius 2 is 2.29 bits per heavy atom. The van der Waals surface area contributed by atoms with E-state index >= 15 is 0 Å². The summed E-state index contributed by atoms with van der Waals surface area (Å²) in [4.78, 5) is 5.61. The highest BCUT2D eigenvalue weighted by Crippen LogP contribution is 2.15. The summed E-state index contributed by atoms with van der Waals surface area (Å²) >= 11 is 3.36. The Bertz CT molecular complexity index is 439. The number of anilines is 2. The molecule has 0 aliphatic carbocycles. The third-order valence-electron chi connectivity index (χ3n) is 1.58. The predicted molar refractivity (Wildman–Crippen MR) is 56.2 cm³/mol. The van der Waals surface area contributed by atoms with Crippen LogP contribution in [-0.4, -0.2) is 20.0 Å². The Morgan fingerprint density at radius 1 is 1.43 bits per heavy atom. The highest BCUT2D eigenvalue weighted by Gasteiger charge is 1.99. The molecule has 0 radical (unpaired) electrons. The average molecular weight is 254 g/mol. The lowest BCUT2D eigenvalue weighted by atomic mass is 10.4. The zero-order chi connectivity index (χ0) is 9.97. The number of aromatic nitrogens is 4. The molecule has 0 spiro atoms. The van der Waals surface area contributed by atoms with Gasteiger partial charge < -0.3 is 5.32 Å². The van der Waals surface area contributed by atoms with Crippen LogP contribution in [0.15, 0.2) is 29.0 Å². The summed E-state index contributed by atoms with van der Waals surface area (Å²) in [5, 5.41) is 11.0. The quantitative estimate of drug-likeness (QED) is 0.886. The van der Waals surface area contributed by atoms with E-state index in [0.29, 0.717) is 5.82 Å². The first kappa shape index (κ1) is 9.14. The average Bonchev–Trinajstić information content (AvgIpc) is 2.51. The van der Waals surface area contributed by atoms with Gasteiger partial charge in [-0.15, -0.1) is 5.10 Å². The third-order valence-corrected chi connectivity index (χ3v) is 2.07. The Balaban J connectivity index is 2.18. The summed E-state index contributed by atoms with van der Waals surface area (Å²) < 4.78 is 0.971. The minimum atomic E-state index is 0.679.